The van der Waals surface area contributed by atoms with E-state index in [9.17, 15) is 0 Å². The maximum Gasteiger partial charge on any atom is 0.0562 e. The molecule has 4 heteroatoms. The Bertz CT molecular complexity index is 5400. The highest BCUT2D eigenvalue weighted by atomic mass is 15.2. The summed E-state index contributed by atoms with van der Waals surface area (Å²) in [5, 5.41) is 12.4. The Balaban J connectivity index is 0.848. The van der Waals surface area contributed by atoms with Crippen LogP contribution in [0.15, 0.2) is 279 Å². The summed E-state index contributed by atoms with van der Waals surface area (Å²) in [6.07, 6.45) is 0. The molecule has 2 aliphatic rings. The van der Waals surface area contributed by atoms with E-state index in [1.165, 1.54) is 154 Å². The molecule has 14 aromatic carbocycles. The molecule has 94 heavy (non-hydrogen) atoms. The molecule has 0 amide bonds. The van der Waals surface area contributed by atoms with Gasteiger partial charge < -0.3 is 18.9 Å². The van der Waals surface area contributed by atoms with Gasteiger partial charge in [-0.15, -0.1) is 0 Å². The number of benzene rings is 14. The van der Waals surface area contributed by atoms with Crippen molar-refractivity contribution in [2.45, 2.75) is 78.1 Å². The van der Waals surface area contributed by atoms with E-state index in [2.05, 4.69) is 353 Å². The van der Waals surface area contributed by atoms with E-state index in [1.807, 2.05) is 0 Å². The number of aromatic nitrogens is 2. The first-order valence-corrected chi connectivity index (χ1v) is 33.5. The van der Waals surface area contributed by atoms with Crippen LogP contribution in [0.1, 0.15) is 101 Å². The van der Waals surface area contributed by atoms with E-state index in [4.69, 9.17) is 0 Å². The first-order chi connectivity index (χ1) is 45.8. The van der Waals surface area contributed by atoms with Gasteiger partial charge in [0.25, 0.3) is 0 Å². The van der Waals surface area contributed by atoms with Gasteiger partial charge in [0.2, 0.25) is 0 Å². The van der Waals surface area contributed by atoms with Crippen LogP contribution >= 0.6 is 0 Å². The summed E-state index contributed by atoms with van der Waals surface area (Å²) in [4.78, 5) is 5.14. The van der Waals surface area contributed by atoms with E-state index >= 15 is 0 Å². The van der Waals surface area contributed by atoms with E-state index < -0.39 is 0 Å². The standard InChI is InChI=1S/C90H72N4/c1-55(2)57-31-35-59(36-32-57)61-39-45-83-77(47-61)89(5,6)79-51-75-71-27-17-19-29-81(71)91(63-21-11-9-12-22-63)85(75)53-87(79)93(83)65-41-43-69-70-44-42-66(50-74(70)68-26-16-15-25-67(68)73(69)49-65)94-84-46-40-62(60-37-33-58(34-38-60)56(3)4)48-78(84)90(7,8)80-52-76-72-28-18-20-30-82(72)92(86(76)54-88(80)94)64-23-13-10-14-24-64/h9-56H,1-8H3. The predicted molar refractivity (Wildman–Crippen MR) is 400 cm³/mol. The minimum atomic E-state index is -0.351. The molecule has 2 aromatic heterocycles. The first kappa shape index (κ1) is 55.9. The smallest absolute Gasteiger partial charge is 0.0562 e. The third-order valence-corrected chi connectivity index (χ3v) is 21.4. The van der Waals surface area contributed by atoms with Crippen LogP contribution in [0.5, 0.6) is 0 Å². The van der Waals surface area contributed by atoms with Crippen LogP contribution in [0.3, 0.4) is 0 Å². The molecule has 0 bridgehead atoms. The van der Waals surface area contributed by atoms with E-state index in [0.29, 0.717) is 11.8 Å². The molecular formula is C90H72N4. The van der Waals surface area contributed by atoms with Crippen molar-refractivity contribution in [3.05, 3.63) is 312 Å². The number of hydrogen-bond donors (Lipinski definition) is 0. The molecule has 0 saturated heterocycles. The molecule has 0 saturated carbocycles. The minimum absolute atomic E-state index is 0.351. The molecule has 4 heterocycles. The molecule has 0 unspecified atom stereocenters. The average molecular weight is 1210 g/mol. The molecule has 4 nitrogen and oxygen atoms in total. The molecule has 16 aromatic rings. The number of anilines is 6. The lowest BCUT2D eigenvalue weighted by atomic mass is 9.72. The third-order valence-electron chi connectivity index (χ3n) is 21.4. The summed E-state index contributed by atoms with van der Waals surface area (Å²) >= 11 is 0. The van der Waals surface area contributed by atoms with E-state index in [0.717, 1.165) is 22.7 Å². The van der Waals surface area contributed by atoms with Crippen LogP contribution in [-0.4, -0.2) is 9.13 Å². The lowest BCUT2D eigenvalue weighted by molar-refractivity contribution is 0.633. The Morgan fingerprint density at radius 1 is 0.234 bits per heavy atom. The fraction of sp³-hybridized carbons (Fsp3) is 0.133. The lowest BCUT2D eigenvalue weighted by Gasteiger charge is -2.42. The van der Waals surface area contributed by atoms with Gasteiger partial charge in [-0.05, 0) is 209 Å². The SMILES string of the molecule is CC(C)c1ccc(-c2ccc3c(c2)C(C)(C)c2cc4c5ccccc5n(-c5ccccc5)c4cc2N3c2ccc3c4ccc(N5c6ccc(-c7ccc(C(C)C)cc7)cc6C(C)(C)c6cc7c8ccccc8n(-c8ccccc8)c7cc65)cc4c4ccccc4c3c2)cc1. The minimum Gasteiger partial charge on any atom is -0.310 e. The number of rotatable bonds is 8. The van der Waals surface area contributed by atoms with Crippen LogP contribution in [0.4, 0.5) is 34.1 Å². The topological polar surface area (TPSA) is 16.3 Å². The molecule has 0 N–H and O–H groups in total. The summed E-state index contributed by atoms with van der Waals surface area (Å²) in [7, 11) is 0. The van der Waals surface area contributed by atoms with Crippen molar-refractivity contribution in [2.24, 2.45) is 0 Å². The Kier molecular flexibility index (Phi) is 12.4. The zero-order valence-corrected chi connectivity index (χ0v) is 54.5. The van der Waals surface area contributed by atoms with Gasteiger partial charge in [-0.3, -0.25) is 0 Å². The predicted octanol–water partition coefficient (Wildman–Crippen LogP) is 25.1. The Labute approximate surface area is 549 Å². The van der Waals surface area contributed by atoms with Gasteiger partial charge in [-0.2, -0.15) is 0 Å². The molecule has 0 aliphatic carbocycles. The van der Waals surface area contributed by atoms with Crippen LogP contribution in [0, 0.1) is 0 Å². The number of hydrogen-bond acceptors (Lipinski definition) is 2. The molecule has 18 rings (SSSR count). The van der Waals surface area contributed by atoms with Crippen molar-refractivity contribution in [1.82, 2.24) is 9.13 Å². The fourth-order valence-electron chi connectivity index (χ4n) is 16.4. The lowest BCUT2D eigenvalue weighted by Crippen LogP contribution is -2.30. The number of fused-ring (bicyclic) bond motifs is 16. The second-order valence-corrected chi connectivity index (χ2v) is 28.1. The molecule has 0 fully saturated rings. The Hall–Kier alpha value is -10.9. The van der Waals surface area contributed by atoms with Crippen molar-refractivity contribution >= 4 is 110 Å². The summed E-state index contributed by atoms with van der Waals surface area (Å²) in [5.74, 6) is 0.928. The third kappa shape index (κ3) is 8.31. The average Bonchev–Trinajstić information content (AvgIpc) is 1.28. The number of nitrogens with zero attached hydrogens (tertiary/aromatic N) is 4. The molecule has 0 spiro atoms. The van der Waals surface area contributed by atoms with Crippen molar-refractivity contribution in [3.63, 3.8) is 0 Å². The highest BCUT2D eigenvalue weighted by Crippen LogP contribution is 2.58. The normalized spacial score (nSPS) is 14.1. The van der Waals surface area contributed by atoms with E-state index in [1.54, 1.807) is 0 Å². The fourth-order valence-corrected chi connectivity index (χ4v) is 16.4. The van der Waals surface area contributed by atoms with Crippen molar-refractivity contribution < 1.29 is 0 Å². The van der Waals surface area contributed by atoms with Gasteiger partial charge in [0.15, 0.2) is 0 Å². The quantitative estimate of drug-likeness (QED) is 0.141. The van der Waals surface area contributed by atoms with Crippen molar-refractivity contribution in [2.75, 3.05) is 9.80 Å². The zero-order chi connectivity index (χ0) is 63.5. The molecule has 0 radical (unpaired) electrons. The van der Waals surface area contributed by atoms with Crippen LogP contribution in [0.25, 0.3) is 110 Å². The highest BCUT2D eigenvalue weighted by Gasteiger charge is 2.41. The van der Waals surface area contributed by atoms with Gasteiger partial charge in [-0.25, -0.2) is 0 Å². The Morgan fingerprint density at radius 3 is 0.968 bits per heavy atom. The largest absolute Gasteiger partial charge is 0.310 e. The van der Waals surface area contributed by atoms with Gasteiger partial charge in [-0.1, -0.05) is 225 Å². The summed E-state index contributed by atoms with van der Waals surface area (Å²) < 4.78 is 4.92. The second kappa shape index (κ2) is 20.8. The second-order valence-electron chi connectivity index (χ2n) is 28.1. The maximum absolute atomic E-state index is 2.57. The zero-order valence-electron chi connectivity index (χ0n) is 54.5. The van der Waals surface area contributed by atoms with Crippen molar-refractivity contribution in [1.29, 1.82) is 0 Å². The van der Waals surface area contributed by atoms with Crippen LogP contribution < -0.4 is 9.80 Å². The van der Waals surface area contributed by atoms with Gasteiger partial charge in [0, 0.05) is 55.1 Å². The number of para-hydroxylation sites is 4. The molecule has 2 aliphatic heterocycles. The van der Waals surface area contributed by atoms with Gasteiger partial charge in [0.05, 0.1) is 44.8 Å². The highest BCUT2D eigenvalue weighted by molar-refractivity contribution is 6.27. The van der Waals surface area contributed by atoms with Crippen molar-refractivity contribution in [3.8, 4) is 33.6 Å². The first-order valence-electron chi connectivity index (χ1n) is 33.5. The van der Waals surface area contributed by atoms with Crippen LogP contribution in [-0.2, 0) is 10.8 Å². The van der Waals surface area contributed by atoms with Gasteiger partial charge in [0.1, 0.15) is 0 Å². The van der Waals surface area contributed by atoms with E-state index in [-0.39, 0.29) is 10.8 Å². The molecular weight excluding hydrogens is 1140 g/mol. The van der Waals surface area contributed by atoms with Crippen LogP contribution in [0.2, 0.25) is 0 Å². The Morgan fingerprint density at radius 2 is 0.574 bits per heavy atom. The van der Waals surface area contributed by atoms with Gasteiger partial charge >= 0.3 is 0 Å². The maximum atomic E-state index is 2.57. The summed E-state index contributed by atoms with van der Waals surface area (Å²) in [5.41, 5.74) is 26.2. The summed E-state index contributed by atoms with van der Waals surface area (Å²) in [6.45, 7) is 18.8. The molecule has 0 atom stereocenters. The monoisotopic (exact) mass is 1210 g/mol. The molecule has 452 valence electrons. The summed E-state index contributed by atoms with van der Waals surface area (Å²) in [6, 6.07) is 106.